The van der Waals surface area contributed by atoms with Gasteiger partial charge in [0.25, 0.3) is 5.91 Å². The van der Waals surface area contributed by atoms with Crippen molar-refractivity contribution in [3.63, 3.8) is 0 Å². The lowest BCUT2D eigenvalue weighted by atomic mass is 10.0. The molecule has 8 heteroatoms. The zero-order valence-corrected chi connectivity index (χ0v) is 16.0. The Morgan fingerprint density at radius 3 is 2.86 bits per heavy atom. The molecule has 7 nitrogen and oxygen atoms in total. The number of carbonyl (C=O) groups excluding carboxylic acids is 1. The van der Waals surface area contributed by atoms with Gasteiger partial charge in [0.1, 0.15) is 12.3 Å². The van der Waals surface area contributed by atoms with Gasteiger partial charge in [0.2, 0.25) is 5.82 Å². The first-order valence-electron chi connectivity index (χ1n) is 9.25. The van der Waals surface area contributed by atoms with E-state index in [2.05, 4.69) is 21.5 Å². The zero-order valence-electron chi connectivity index (χ0n) is 15.3. The molecule has 3 aromatic rings. The van der Waals surface area contributed by atoms with Crippen LogP contribution in [0, 0.1) is 0 Å². The van der Waals surface area contributed by atoms with Crippen LogP contribution in [-0.4, -0.2) is 31.0 Å². The number of hydrogen-bond acceptors (Lipinski definition) is 5. The van der Waals surface area contributed by atoms with Gasteiger partial charge in [0, 0.05) is 11.3 Å². The first-order chi connectivity index (χ1) is 13.7. The van der Waals surface area contributed by atoms with Gasteiger partial charge in [-0.3, -0.25) is 4.79 Å². The predicted molar refractivity (Wildman–Crippen MR) is 104 cm³/mol. The molecule has 2 aromatic heterocycles. The van der Waals surface area contributed by atoms with E-state index in [9.17, 15) is 4.79 Å². The maximum atomic E-state index is 13.0. The highest BCUT2D eigenvalue weighted by Crippen LogP contribution is 2.25. The number of hydrogen-bond donors (Lipinski definition) is 0. The van der Waals surface area contributed by atoms with Crippen LogP contribution in [0.4, 0.5) is 0 Å². The van der Waals surface area contributed by atoms with Gasteiger partial charge < -0.3 is 9.32 Å². The Hall–Kier alpha value is -2.93. The standard InChI is InChI=1S/C20H20ClN5O2/c21-18-11-5-4-10-17(18)20-22-24-26(23-20)14-19(27)25(13-16-9-6-12-28-16)15-7-2-1-3-8-15/h4-7,9-12H,1-3,8,13-14H2. The summed E-state index contributed by atoms with van der Waals surface area (Å²) in [5.41, 5.74) is 1.71. The molecular formula is C20H20ClN5O2. The zero-order chi connectivity index (χ0) is 19.3. The van der Waals surface area contributed by atoms with Crippen LogP contribution in [-0.2, 0) is 17.9 Å². The fourth-order valence-electron chi connectivity index (χ4n) is 3.24. The van der Waals surface area contributed by atoms with Crippen LogP contribution in [0.3, 0.4) is 0 Å². The highest BCUT2D eigenvalue weighted by atomic mass is 35.5. The second-order valence-electron chi connectivity index (χ2n) is 6.62. The van der Waals surface area contributed by atoms with Crippen molar-refractivity contribution in [1.29, 1.82) is 0 Å². The van der Waals surface area contributed by atoms with E-state index in [1.54, 1.807) is 17.2 Å². The van der Waals surface area contributed by atoms with Crippen molar-refractivity contribution in [1.82, 2.24) is 25.1 Å². The van der Waals surface area contributed by atoms with E-state index in [0.29, 0.717) is 23.0 Å². The number of tetrazole rings is 1. The first kappa shape index (κ1) is 18.4. The average molecular weight is 398 g/mol. The summed E-state index contributed by atoms with van der Waals surface area (Å²) >= 11 is 6.20. The molecule has 4 rings (SSSR count). The highest BCUT2D eigenvalue weighted by Gasteiger charge is 2.22. The molecule has 144 valence electrons. The Morgan fingerprint density at radius 2 is 2.11 bits per heavy atom. The Kier molecular flexibility index (Phi) is 5.53. The Bertz CT molecular complexity index is 980. The molecule has 0 radical (unpaired) electrons. The van der Waals surface area contributed by atoms with E-state index < -0.39 is 0 Å². The van der Waals surface area contributed by atoms with E-state index in [4.69, 9.17) is 16.0 Å². The summed E-state index contributed by atoms with van der Waals surface area (Å²) < 4.78 is 5.44. The van der Waals surface area contributed by atoms with E-state index >= 15 is 0 Å². The van der Waals surface area contributed by atoms with Crippen LogP contribution in [0.2, 0.25) is 5.02 Å². The number of benzene rings is 1. The quantitative estimate of drug-likeness (QED) is 0.626. The number of aromatic nitrogens is 4. The maximum absolute atomic E-state index is 13.0. The molecule has 1 aliphatic rings. The molecule has 0 spiro atoms. The fraction of sp³-hybridized carbons (Fsp3) is 0.300. The van der Waals surface area contributed by atoms with E-state index in [1.165, 1.54) is 4.80 Å². The van der Waals surface area contributed by atoms with Gasteiger partial charge in [-0.15, -0.1) is 10.2 Å². The van der Waals surface area contributed by atoms with Gasteiger partial charge >= 0.3 is 0 Å². The molecule has 2 heterocycles. The minimum atomic E-state index is -0.104. The number of halogens is 1. The third-order valence-corrected chi connectivity index (χ3v) is 4.98. The smallest absolute Gasteiger partial charge is 0.250 e. The van der Waals surface area contributed by atoms with Crippen molar-refractivity contribution >= 4 is 17.5 Å². The molecule has 0 saturated carbocycles. The van der Waals surface area contributed by atoms with Crippen LogP contribution >= 0.6 is 11.6 Å². The largest absolute Gasteiger partial charge is 0.467 e. The van der Waals surface area contributed by atoms with Gasteiger partial charge in [0.15, 0.2) is 0 Å². The van der Waals surface area contributed by atoms with Crippen molar-refractivity contribution in [2.24, 2.45) is 0 Å². The van der Waals surface area contributed by atoms with Crippen LogP contribution in [0.1, 0.15) is 31.4 Å². The second-order valence-corrected chi connectivity index (χ2v) is 7.03. The molecule has 1 aromatic carbocycles. The number of carbonyl (C=O) groups is 1. The normalized spacial score (nSPS) is 14.0. The minimum Gasteiger partial charge on any atom is -0.467 e. The Morgan fingerprint density at radius 1 is 1.21 bits per heavy atom. The van der Waals surface area contributed by atoms with Gasteiger partial charge in [-0.2, -0.15) is 4.80 Å². The summed E-state index contributed by atoms with van der Waals surface area (Å²) in [6.07, 6.45) is 7.83. The van der Waals surface area contributed by atoms with Crippen LogP contribution in [0.5, 0.6) is 0 Å². The Labute approximate surface area is 167 Å². The topological polar surface area (TPSA) is 77.1 Å². The SMILES string of the molecule is O=C(Cn1nnc(-c2ccccc2Cl)n1)N(Cc1ccco1)C1=CCCCC1. The van der Waals surface area contributed by atoms with E-state index in [0.717, 1.165) is 37.1 Å². The minimum absolute atomic E-state index is 0.00446. The molecule has 0 unspecified atom stereocenters. The summed E-state index contributed by atoms with van der Waals surface area (Å²) in [5.74, 6) is 1.03. The van der Waals surface area contributed by atoms with Crippen molar-refractivity contribution < 1.29 is 9.21 Å². The monoisotopic (exact) mass is 397 g/mol. The summed E-state index contributed by atoms with van der Waals surface area (Å²) in [6.45, 7) is 0.388. The summed E-state index contributed by atoms with van der Waals surface area (Å²) in [4.78, 5) is 16.1. The summed E-state index contributed by atoms with van der Waals surface area (Å²) in [6, 6.07) is 11.0. The van der Waals surface area contributed by atoms with Gasteiger partial charge in [0.05, 0.1) is 17.8 Å². The molecule has 28 heavy (non-hydrogen) atoms. The van der Waals surface area contributed by atoms with Crippen molar-refractivity contribution in [3.8, 4) is 11.4 Å². The second kappa shape index (κ2) is 8.39. The van der Waals surface area contributed by atoms with Crippen LogP contribution < -0.4 is 0 Å². The lowest BCUT2D eigenvalue weighted by Gasteiger charge is -2.26. The third-order valence-electron chi connectivity index (χ3n) is 4.65. The molecule has 1 amide bonds. The molecule has 1 aliphatic carbocycles. The lowest BCUT2D eigenvalue weighted by Crippen LogP contribution is -2.34. The highest BCUT2D eigenvalue weighted by molar-refractivity contribution is 6.33. The van der Waals surface area contributed by atoms with Crippen LogP contribution in [0.25, 0.3) is 11.4 Å². The van der Waals surface area contributed by atoms with Gasteiger partial charge in [-0.25, -0.2) is 0 Å². The molecule has 0 saturated heterocycles. The molecule has 0 fully saturated rings. The van der Waals surface area contributed by atoms with Crippen molar-refractivity contribution in [3.05, 3.63) is 65.2 Å². The fourth-order valence-corrected chi connectivity index (χ4v) is 3.46. The Balaban J connectivity index is 1.53. The van der Waals surface area contributed by atoms with Gasteiger partial charge in [-0.05, 0) is 55.2 Å². The van der Waals surface area contributed by atoms with Gasteiger partial charge in [-0.1, -0.05) is 29.8 Å². The summed E-state index contributed by atoms with van der Waals surface area (Å²) in [5, 5.41) is 12.9. The number of rotatable bonds is 6. The number of furan rings is 1. The number of amides is 1. The molecule has 0 aliphatic heterocycles. The van der Waals surface area contributed by atoms with Crippen molar-refractivity contribution in [2.45, 2.75) is 38.8 Å². The van der Waals surface area contributed by atoms with E-state index in [-0.39, 0.29) is 12.5 Å². The average Bonchev–Trinajstić information content (AvgIpc) is 3.39. The molecular weight excluding hydrogens is 378 g/mol. The third kappa shape index (κ3) is 4.14. The number of allylic oxidation sites excluding steroid dienone is 2. The maximum Gasteiger partial charge on any atom is 0.250 e. The van der Waals surface area contributed by atoms with Crippen molar-refractivity contribution in [2.75, 3.05) is 0 Å². The van der Waals surface area contributed by atoms with E-state index in [1.807, 2.05) is 30.3 Å². The predicted octanol–water partition coefficient (Wildman–Crippen LogP) is 4.07. The summed E-state index contributed by atoms with van der Waals surface area (Å²) in [7, 11) is 0. The molecule has 0 bridgehead atoms. The molecule has 0 N–H and O–H groups in total. The number of nitrogens with zero attached hydrogens (tertiary/aromatic N) is 5. The molecule has 0 atom stereocenters. The lowest BCUT2D eigenvalue weighted by molar-refractivity contribution is -0.131. The first-order valence-corrected chi connectivity index (χ1v) is 9.63. The van der Waals surface area contributed by atoms with Crippen LogP contribution in [0.15, 0.2) is 58.9 Å².